The Balaban J connectivity index is 1.58. The van der Waals surface area contributed by atoms with Gasteiger partial charge < -0.3 is 19.4 Å². The molecule has 0 aliphatic heterocycles. The zero-order valence-corrected chi connectivity index (χ0v) is 24.0. The number of aromatic amines is 1. The number of hydrogen-bond acceptors (Lipinski definition) is 4. The van der Waals surface area contributed by atoms with Crippen LogP contribution in [-0.4, -0.2) is 30.6 Å². The van der Waals surface area contributed by atoms with E-state index in [-0.39, 0.29) is 0 Å². The summed E-state index contributed by atoms with van der Waals surface area (Å²) in [5, 5.41) is 11.2. The van der Waals surface area contributed by atoms with Crippen LogP contribution in [0.3, 0.4) is 0 Å². The molecule has 1 atom stereocenters. The maximum Gasteiger partial charge on any atom is 0.349 e. The second kappa shape index (κ2) is 11.5. The third kappa shape index (κ3) is 5.33. The molecule has 0 saturated heterocycles. The highest BCUT2D eigenvalue weighted by atomic mass is 16.5. The molecule has 0 saturated carbocycles. The molecule has 0 spiro atoms. The summed E-state index contributed by atoms with van der Waals surface area (Å²) in [6.45, 7) is 11.2. The quantitative estimate of drug-likeness (QED) is 0.185. The fourth-order valence-electron chi connectivity index (χ4n) is 5.66. The molecule has 1 unspecified atom stereocenters. The maximum absolute atomic E-state index is 12.5. The number of ether oxygens (including phenoxy) is 1. The second-order valence-electron chi connectivity index (χ2n) is 10.6. The number of rotatable bonds is 11. The van der Waals surface area contributed by atoms with Gasteiger partial charge in [-0.2, -0.15) is 0 Å². The number of aromatic nitrogens is 4. The summed E-state index contributed by atoms with van der Waals surface area (Å²) >= 11 is 0. The first kappa shape index (κ1) is 27.4. The van der Waals surface area contributed by atoms with Gasteiger partial charge in [0.25, 0.3) is 0 Å². The van der Waals surface area contributed by atoms with Gasteiger partial charge in [0.1, 0.15) is 17.1 Å². The Hall–Kier alpha value is -4.13. The lowest BCUT2D eigenvalue weighted by Crippen LogP contribution is -2.20. The van der Waals surface area contributed by atoms with Gasteiger partial charge in [0.2, 0.25) is 6.10 Å². The Kier molecular flexibility index (Phi) is 7.92. The van der Waals surface area contributed by atoms with E-state index in [9.17, 15) is 9.90 Å². The SMILES string of the molecule is CCCc1cc(Cn2c(CC)nc3c(C)cc(C)nc32)cc(CCC)c1OC(C(=O)O)c1ccc2[nH]ccc2c1. The number of nitrogens with zero attached hydrogens (tertiary/aromatic N) is 3. The third-order valence-electron chi connectivity index (χ3n) is 7.44. The van der Waals surface area contributed by atoms with Crippen LogP contribution in [0.5, 0.6) is 5.75 Å². The first-order valence-electron chi connectivity index (χ1n) is 14.3. The highest BCUT2D eigenvalue weighted by molar-refractivity contribution is 5.83. The molecule has 5 aromatic rings. The van der Waals surface area contributed by atoms with Crippen molar-refractivity contribution >= 4 is 28.0 Å². The highest BCUT2D eigenvalue weighted by Crippen LogP contribution is 2.34. The fourth-order valence-corrected chi connectivity index (χ4v) is 5.66. The third-order valence-corrected chi connectivity index (χ3v) is 7.44. The van der Waals surface area contributed by atoms with Crippen molar-refractivity contribution in [3.8, 4) is 5.75 Å². The van der Waals surface area contributed by atoms with Gasteiger partial charge in [-0.05, 0) is 78.6 Å². The molecule has 40 heavy (non-hydrogen) atoms. The van der Waals surface area contributed by atoms with Gasteiger partial charge in [-0.15, -0.1) is 0 Å². The van der Waals surface area contributed by atoms with E-state index in [2.05, 4.69) is 55.4 Å². The van der Waals surface area contributed by atoms with Crippen LogP contribution in [0.15, 0.2) is 48.7 Å². The predicted molar refractivity (Wildman–Crippen MR) is 159 cm³/mol. The number of aryl methyl sites for hydroxylation is 5. The Morgan fingerprint density at radius 3 is 2.38 bits per heavy atom. The smallest absolute Gasteiger partial charge is 0.349 e. The summed E-state index contributed by atoms with van der Waals surface area (Å²) in [7, 11) is 0. The molecule has 3 aromatic heterocycles. The van der Waals surface area contributed by atoms with Gasteiger partial charge >= 0.3 is 5.97 Å². The number of carbonyl (C=O) groups is 1. The number of aliphatic carboxylic acids is 1. The lowest BCUT2D eigenvalue weighted by molar-refractivity contribution is -0.145. The van der Waals surface area contributed by atoms with Crippen molar-refractivity contribution in [1.82, 2.24) is 19.5 Å². The number of imidazole rings is 1. The molecule has 0 fully saturated rings. The molecule has 7 nitrogen and oxygen atoms in total. The Morgan fingerprint density at radius 2 is 1.73 bits per heavy atom. The van der Waals surface area contributed by atoms with Gasteiger partial charge in [-0.1, -0.05) is 51.8 Å². The number of hydrogen-bond donors (Lipinski definition) is 2. The zero-order valence-electron chi connectivity index (χ0n) is 24.0. The largest absolute Gasteiger partial charge is 0.478 e. The normalized spacial score (nSPS) is 12.3. The molecule has 2 aromatic carbocycles. The average molecular weight is 539 g/mol. The minimum atomic E-state index is -1.10. The maximum atomic E-state index is 12.5. The number of carboxylic acids is 1. The van der Waals surface area contributed by atoms with Crippen LogP contribution in [-0.2, 0) is 30.6 Å². The van der Waals surface area contributed by atoms with Gasteiger partial charge in [-0.3, -0.25) is 0 Å². The summed E-state index contributed by atoms with van der Waals surface area (Å²) in [6.07, 6.45) is 5.00. The molecule has 5 rings (SSSR count). The molecule has 2 N–H and O–H groups in total. The summed E-state index contributed by atoms with van der Waals surface area (Å²) in [5.41, 5.74) is 8.81. The Morgan fingerprint density at radius 1 is 1.00 bits per heavy atom. The van der Waals surface area contributed by atoms with Crippen molar-refractivity contribution in [3.63, 3.8) is 0 Å². The van der Waals surface area contributed by atoms with Crippen LogP contribution in [0.4, 0.5) is 0 Å². The van der Waals surface area contributed by atoms with E-state index in [0.29, 0.717) is 17.9 Å². The molecule has 208 valence electrons. The van der Waals surface area contributed by atoms with Gasteiger partial charge in [0.15, 0.2) is 5.65 Å². The lowest BCUT2D eigenvalue weighted by atomic mass is 9.97. The lowest BCUT2D eigenvalue weighted by Gasteiger charge is -2.22. The minimum Gasteiger partial charge on any atom is -0.478 e. The average Bonchev–Trinajstić information content (AvgIpc) is 3.53. The molecule has 7 heteroatoms. The molecule has 0 radical (unpaired) electrons. The van der Waals surface area contributed by atoms with Gasteiger partial charge in [0.05, 0.1) is 6.54 Å². The van der Waals surface area contributed by atoms with Crippen LogP contribution in [0.25, 0.3) is 22.1 Å². The van der Waals surface area contributed by atoms with Crippen LogP contribution >= 0.6 is 0 Å². The first-order chi connectivity index (χ1) is 19.3. The molecule has 0 aliphatic rings. The van der Waals surface area contributed by atoms with Crippen molar-refractivity contribution in [2.24, 2.45) is 0 Å². The predicted octanol–water partition coefficient (Wildman–Crippen LogP) is 7.25. The van der Waals surface area contributed by atoms with Crippen LogP contribution in [0.2, 0.25) is 0 Å². The van der Waals surface area contributed by atoms with E-state index in [1.165, 1.54) is 0 Å². The number of nitrogens with one attached hydrogen (secondary N) is 1. The summed E-state index contributed by atoms with van der Waals surface area (Å²) in [4.78, 5) is 25.4. The second-order valence-corrected chi connectivity index (χ2v) is 10.6. The molecular weight excluding hydrogens is 500 g/mol. The van der Waals surface area contributed by atoms with E-state index in [0.717, 1.165) is 87.9 Å². The summed E-state index contributed by atoms with van der Waals surface area (Å²) in [6, 6.07) is 14.0. The number of pyridine rings is 1. The van der Waals surface area contributed by atoms with E-state index in [1.54, 1.807) is 0 Å². The van der Waals surface area contributed by atoms with Crippen molar-refractivity contribution < 1.29 is 14.6 Å². The van der Waals surface area contributed by atoms with Crippen LogP contribution in [0, 0.1) is 13.8 Å². The Bertz CT molecular complexity index is 1650. The zero-order chi connectivity index (χ0) is 28.4. The first-order valence-corrected chi connectivity index (χ1v) is 14.3. The number of carboxylic acid groups (broad SMARTS) is 1. The van der Waals surface area contributed by atoms with Gasteiger partial charge in [0, 0.05) is 29.4 Å². The molecular formula is C33H38N4O3. The monoisotopic (exact) mass is 538 g/mol. The molecule has 0 aliphatic carbocycles. The minimum absolute atomic E-state index is 0.628. The molecule has 0 amide bonds. The topological polar surface area (TPSA) is 93.0 Å². The number of H-pyrrole nitrogens is 1. The van der Waals surface area contributed by atoms with Crippen molar-refractivity contribution in [1.29, 1.82) is 0 Å². The fraction of sp³-hybridized carbons (Fsp3) is 0.364. The molecule has 0 bridgehead atoms. The van der Waals surface area contributed by atoms with E-state index < -0.39 is 12.1 Å². The van der Waals surface area contributed by atoms with E-state index >= 15 is 0 Å². The van der Waals surface area contributed by atoms with E-state index in [4.69, 9.17) is 14.7 Å². The standard InChI is InChI=1S/C33H38N4O3/c1-6-9-24-16-22(19-37-28(8-3)36-29-20(4)15-21(5)35-32(29)37)17-25(10-7-2)30(24)40-31(33(38)39)26-11-12-27-23(18-26)13-14-34-27/h11-18,31,34H,6-10,19H2,1-5H3,(H,38,39). The van der Waals surface area contributed by atoms with E-state index in [1.807, 2.05) is 37.4 Å². The summed E-state index contributed by atoms with van der Waals surface area (Å²) < 4.78 is 8.68. The van der Waals surface area contributed by atoms with Crippen molar-refractivity contribution in [2.75, 3.05) is 0 Å². The van der Waals surface area contributed by atoms with Crippen LogP contribution < -0.4 is 4.74 Å². The Labute approximate surface area is 235 Å². The van der Waals surface area contributed by atoms with Crippen molar-refractivity contribution in [2.45, 2.75) is 79.4 Å². The number of fused-ring (bicyclic) bond motifs is 2. The van der Waals surface area contributed by atoms with Gasteiger partial charge in [-0.25, -0.2) is 14.8 Å². The highest BCUT2D eigenvalue weighted by Gasteiger charge is 2.26. The number of benzene rings is 2. The van der Waals surface area contributed by atoms with Crippen molar-refractivity contribution in [3.05, 3.63) is 88.0 Å². The molecule has 3 heterocycles. The summed E-state index contributed by atoms with van der Waals surface area (Å²) in [5.74, 6) is 0.708. The van der Waals surface area contributed by atoms with Crippen LogP contribution in [0.1, 0.15) is 79.1 Å².